The number of fused-ring (bicyclic) bond motifs is 1. The van der Waals surface area contributed by atoms with Gasteiger partial charge in [-0.15, -0.1) is 0 Å². The highest BCUT2D eigenvalue weighted by Crippen LogP contribution is 2.45. The Morgan fingerprint density at radius 3 is 2.42 bits per heavy atom. The maximum absolute atomic E-state index is 14.5. The number of carbonyl (C=O) groups is 1. The van der Waals surface area contributed by atoms with E-state index >= 15 is 0 Å². The number of halogens is 3. The van der Waals surface area contributed by atoms with E-state index in [1.165, 1.54) is 18.2 Å². The van der Waals surface area contributed by atoms with Gasteiger partial charge in [0.1, 0.15) is 24.1 Å². The van der Waals surface area contributed by atoms with Gasteiger partial charge in [0.2, 0.25) is 0 Å². The molecule has 0 bridgehead atoms. The Bertz CT molecular complexity index is 1300. The number of alkyl carbamates (subject to hydrolysis) is 1. The van der Waals surface area contributed by atoms with Crippen molar-refractivity contribution >= 4 is 17.0 Å². The molecule has 7 heteroatoms. The van der Waals surface area contributed by atoms with E-state index in [1.54, 1.807) is 12.1 Å². The van der Waals surface area contributed by atoms with Crippen molar-refractivity contribution in [3.05, 3.63) is 95.3 Å². The second kappa shape index (κ2) is 8.65. The number of aromatic amines is 1. The molecular weight excluding hydrogens is 429 g/mol. The summed E-state index contributed by atoms with van der Waals surface area (Å²) in [5.74, 6) is -1.75. The lowest BCUT2D eigenvalue weighted by Crippen LogP contribution is -2.43. The number of hydrogen-bond donors (Lipinski definition) is 2. The molecule has 33 heavy (non-hydrogen) atoms. The number of H-pyrrole nitrogens is 1. The van der Waals surface area contributed by atoms with E-state index in [9.17, 15) is 18.0 Å². The van der Waals surface area contributed by atoms with Gasteiger partial charge in [0.15, 0.2) is 0 Å². The summed E-state index contributed by atoms with van der Waals surface area (Å²) in [6, 6.07) is 17.3. The number of hydrogen-bond acceptors (Lipinski definition) is 2. The van der Waals surface area contributed by atoms with E-state index in [-0.39, 0.29) is 29.9 Å². The van der Waals surface area contributed by atoms with Crippen molar-refractivity contribution in [3.63, 3.8) is 0 Å². The van der Waals surface area contributed by atoms with E-state index in [4.69, 9.17) is 4.74 Å². The van der Waals surface area contributed by atoms with Crippen LogP contribution in [-0.2, 0) is 11.3 Å². The van der Waals surface area contributed by atoms with Crippen LogP contribution in [0.5, 0.6) is 0 Å². The van der Waals surface area contributed by atoms with Crippen LogP contribution in [0.2, 0.25) is 0 Å². The predicted molar refractivity (Wildman–Crippen MR) is 119 cm³/mol. The fourth-order valence-corrected chi connectivity index (χ4v) is 4.41. The molecular formula is C26H21F3N2O2. The standard InChI is InChI=1S/C26H21F3N2O2/c27-18-8-6-16(7-9-18)24-23(21-12-19(28)13-22(29)25(21)31-24)17-10-20(11-17)30-26(32)33-14-15-4-2-1-3-5-15/h1-9,12-13,17,20,31H,10-11,14H2,(H,30,32)/t17-,20+. The van der Waals surface area contributed by atoms with Crippen LogP contribution >= 0.6 is 0 Å². The van der Waals surface area contributed by atoms with Gasteiger partial charge in [0, 0.05) is 17.5 Å². The molecule has 0 atom stereocenters. The largest absolute Gasteiger partial charge is 0.445 e. The molecule has 4 nitrogen and oxygen atoms in total. The molecule has 5 rings (SSSR count). The molecule has 1 aliphatic rings. The summed E-state index contributed by atoms with van der Waals surface area (Å²) in [5, 5.41) is 3.31. The summed E-state index contributed by atoms with van der Waals surface area (Å²) in [6.07, 6.45) is 0.691. The Morgan fingerprint density at radius 2 is 1.70 bits per heavy atom. The SMILES string of the molecule is O=C(N[C@H]1C[C@@H](c2c(-c3ccc(F)cc3)[nH]c3c(F)cc(F)cc32)C1)OCc1ccccc1. The van der Waals surface area contributed by atoms with Crippen LogP contribution in [0.3, 0.4) is 0 Å². The molecule has 168 valence electrons. The minimum atomic E-state index is -0.682. The number of aromatic nitrogens is 1. The number of nitrogens with one attached hydrogen (secondary N) is 2. The second-order valence-electron chi connectivity index (χ2n) is 8.30. The maximum Gasteiger partial charge on any atom is 0.407 e. The van der Waals surface area contributed by atoms with E-state index in [0.29, 0.717) is 29.5 Å². The summed E-state index contributed by atoms with van der Waals surface area (Å²) >= 11 is 0. The summed E-state index contributed by atoms with van der Waals surface area (Å²) in [7, 11) is 0. The first-order valence-electron chi connectivity index (χ1n) is 10.7. The van der Waals surface area contributed by atoms with Gasteiger partial charge < -0.3 is 15.0 Å². The smallest absolute Gasteiger partial charge is 0.407 e. The summed E-state index contributed by atoms with van der Waals surface area (Å²) in [6.45, 7) is 0.179. The van der Waals surface area contributed by atoms with Crippen molar-refractivity contribution in [2.24, 2.45) is 0 Å². The van der Waals surface area contributed by atoms with E-state index < -0.39 is 17.7 Å². The first-order chi connectivity index (χ1) is 16.0. The van der Waals surface area contributed by atoms with Crippen molar-refractivity contribution in [1.82, 2.24) is 10.3 Å². The van der Waals surface area contributed by atoms with Gasteiger partial charge in [0.05, 0.1) is 11.2 Å². The normalized spacial score (nSPS) is 17.5. The van der Waals surface area contributed by atoms with Gasteiger partial charge in [-0.05, 0) is 65.8 Å². The Labute approximate surface area is 188 Å². The number of rotatable bonds is 5. The molecule has 1 aliphatic carbocycles. The van der Waals surface area contributed by atoms with Gasteiger partial charge in [-0.2, -0.15) is 0 Å². The van der Waals surface area contributed by atoms with Crippen molar-refractivity contribution in [2.75, 3.05) is 0 Å². The number of carbonyl (C=O) groups excluding carboxylic acids is 1. The lowest BCUT2D eigenvalue weighted by molar-refractivity contribution is 0.128. The first kappa shape index (κ1) is 21.1. The Morgan fingerprint density at radius 1 is 0.970 bits per heavy atom. The van der Waals surface area contributed by atoms with Crippen LogP contribution in [0.4, 0.5) is 18.0 Å². The van der Waals surface area contributed by atoms with Gasteiger partial charge in [-0.3, -0.25) is 0 Å². The molecule has 0 unspecified atom stereocenters. The van der Waals surface area contributed by atoms with Crippen molar-refractivity contribution in [2.45, 2.75) is 31.4 Å². The second-order valence-corrected chi connectivity index (χ2v) is 8.30. The van der Waals surface area contributed by atoms with Crippen molar-refractivity contribution < 1.29 is 22.7 Å². The molecule has 0 spiro atoms. The summed E-state index contributed by atoms with van der Waals surface area (Å²) in [5.41, 5.74) is 3.19. The molecule has 1 saturated carbocycles. The van der Waals surface area contributed by atoms with Crippen LogP contribution in [0.15, 0.2) is 66.7 Å². The fourth-order valence-electron chi connectivity index (χ4n) is 4.41. The predicted octanol–water partition coefficient (Wildman–Crippen LogP) is 6.42. The maximum atomic E-state index is 14.5. The molecule has 0 radical (unpaired) electrons. The van der Waals surface area contributed by atoms with E-state index in [2.05, 4.69) is 10.3 Å². The number of benzene rings is 3. The molecule has 2 N–H and O–H groups in total. The van der Waals surface area contributed by atoms with Crippen LogP contribution in [0, 0.1) is 17.5 Å². The zero-order valence-corrected chi connectivity index (χ0v) is 17.6. The Kier molecular flexibility index (Phi) is 5.54. The molecule has 1 fully saturated rings. The third-order valence-electron chi connectivity index (χ3n) is 6.08. The van der Waals surface area contributed by atoms with Gasteiger partial charge >= 0.3 is 6.09 Å². The van der Waals surface area contributed by atoms with E-state index in [1.807, 2.05) is 30.3 Å². The Hall–Kier alpha value is -3.74. The lowest BCUT2D eigenvalue weighted by Gasteiger charge is -2.36. The summed E-state index contributed by atoms with van der Waals surface area (Å²) < 4.78 is 47.2. The molecule has 0 saturated heterocycles. The minimum absolute atomic E-state index is 0.0283. The molecule has 1 aromatic heterocycles. The molecule has 1 amide bonds. The fraction of sp³-hybridized carbons (Fsp3) is 0.192. The average Bonchev–Trinajstić information content (AvgIpc) is 3.15. The molecule has 4 aromatic rings. The zero-order valence-electron chi connectivity index (χ0n) is 17.6. The number of ether oxygens (including phenoxy) is 1. The third-order valence-corrected chi connectivity index (χ3v) is 6.08. The van der Waals surface area contributed by atoms with E-state index in [0.717, 1.165) is 17.2 Å². The van der Waals surface area contributed by atoms with Crippen LogP contribution in [0.25, 0.3) is 22.2 Å². The monoisotopic (exact) mass is 450 g/mol. The lowest BCUT2D eigenvalue weighted by atomic mass is 9.74. The molecule has 3 aromatic carbocycles. The van der Waals surface area contributed by atoms with Gasteiger partial charge in [-0.1, -0.05) is 30.3 Å². The number of amides is 1. The highest BCUT2D eigenvalue weighted by Gasteiger charge is 2.35. The van der Waals surface area contributed by atoms with Gasteiger partial charge in [-0.25, -0.2) is 18.0 Å². The highest BCUT2D eigenvalue weighted by molar-refractivity contribution is 5.92. The topological polar surface area (TPSA) is 54.1 Å². The molecule has 1 heterocycles. The minimum Gasteiger partial charge on any atom is -0.445 e. The van der Waals surface area contributed by atoms with Crippen molar-refractivity contribution in [3.8, 4) is 11.3 Å². The summed E-state index contributed by atoms with van der Waals surface area (Å²) in [4.78, 5) is 15.2. The van der Waals surface area contributed by atoms with Crippen molar-refractivity contribution in [1.29, 1.82) is 0 Å². The van der Waals surface area contributed by atoms with Crippen LogP contribution in [0.1, 0.15) is 29.9 Å². The van der Waals surface area contributed by atoms with Crippen LogP contribution in [-0.4, -0.2) is 17.1 Å². The Balaban J connectivity index is 1.34. The zero-order chi connectivity index (χ0) is 22.9. The first-order valence-corrected chi connectivity index (χ1v) is 10.7. The third kappa shape index (κ3) is 4.31. The molecule has 0 aliphatic heterocycles. The quantitative estimate of drug-likeness (QED) is 0.368. The average molecular weight is 450 g/mol. The van der Waals surface area contributed by atoms with Gasteiger partial charge in [0.25, 0.3) is 0 Å². The van der Waals surface area contributed by atoms with Crippen LogP contribution < -0.4 is 5.32 Å². The highest BCUT2D eigenvalue weighted by atomic mass is 19.1.